The fourth-order valence-electron chi connectivity index (χ4n) is 1.09. The molecule has 1 aromatic heterocycles. The maximum absolute atomic E-state index is 11.4. The zero-order valence-electron chi connectivity index (χ0n) is 10.2. The summed E-state index contributed by atoms with van der Waals surface area (Å²) in [4.78, 5) is 15.4. The first-order chi connectivity index (χ1) is 7.47. The molecule has 0 saturated heterocycles. The highest BCUT2D eigenvalue weighted by Gasteiger charge is 2.12. The number of pyridine rings is 1. The highest BCUT2D eigenvalue weighted by molar-refractivity contribution is 5.81. The molecule has 0 aromatic carbocycles. The largest absolute Gasteiger partial charge is 1.00 e. The zero-order chi connectivity index (χ0) is 12.0. The molecule has 0 radical (unpaired) electrons. The Morgan fingerprint density at radius 3 is 2.71 bits per heavy atom. The van der Waals surface area contributed by atoms with Crippen LogP contribution in [0.15, 0.2) is 29.5 Å². The average Bonchev–Trinajstić information content (AvgIpc) is 2.16. The standard InChI is InChI=1S/C11H16N4O.ClH/c1-15(2,3)9-11(16)14-13-8-10-6-4-5-7-12-10;/h4-8H,9H2,1-3H3;1H. The number of halogens is 1. The smallest absolute Gasteiger partial charge is 0.295 e. The molecule has 6 heteroatoms. The van der Waals surface area contributed by atoms with Gasteiger partial charge in [-0.15, -0.1) is 0 Å². The molecule has 94 valence electrons. The number of nitrogens with zero attached hydrogens (tertiary/aromatic N) is 3. The summed E-state index contributed by atoms with van der Waals surface area (Å²) in [5, 5.41) is 3.83. The number of carbonyl (C=O) groups excluding carboxylic acids is 1. The second-order valence-electron chi connectivity index (χ2n) is 4.50. The molecule has 1 rings (SSSR count). The van der Waals surface area contributed by atoms with Gasteiger partial charge in [0.25, 0.3) is 5.91 Å². The third-order valence-corrected chi connectivity index (χ3v) is 1.69. The second-order valence-corrected chi connectivity index (χ2v) is 4.50. The molecule has 0 aliphatic carbocycles. The van der Waals surface area contributed by atoms with Crippen LogP contribution < -0.4 is 17.8 Å². The molecule has 0 spiro atoms. The summed E-state index contributed by atoms with van der Waals surface area (Å²) in [6.45, 7) is 0.388. The van der Waals surface area contributed by atoms with E-state index in [1.165, 1.54) is 6.21 Å². The number of hydrazone groups is 1. The average molecular weight is 257 g/mol. The number of likely N-dealkylation sites (N-methyl/N-ethyl adjacent to an activating group) is 1. The molecule has 0 saturated carbocycles. The summed E-state index contributed by atoms with van der Waals surface area (Å²) in [7, 11) is 5.84. The van der Waals surface area contributed by atoms with Crippen molar-refractivity contribution in [3.63, 3.8) is 0 Å². The number of hydrogen-bond acceptors (Lipinski definition) is 3. The molecular formula is C11H17ClN4O. The van der Waals surface area contributed by atoms with Crippen molar-refractivity contribution in [3.8, 4) is 0 Å². The number of carbonyl (C=O) groups is 1. The zero-order valence-corrected chi connectivity index (χ0v) is 11.0. The molecule has 0 fully saturated rings. The Morgan fingerprint density at radius 2 is 2.18 bits per heavy atom. The minimum Gasteiger partial charge on any atom is -1.00 e. The van der Waals surface area contributed by atoms with E-state index < -0.39 is 0 Å². The first kappa shape index (κ1) is 15.5. The number of quaternary nitrogens is 1. The van der Waals surface area contributed by atoms with Crippen molar-refractivity contribution < 1.29 is 21.7 Å². The van der Waals surface area contributed by atoms with Gasteiger partial charge < -0.3 is 16.9 Å². The van der Waals surface area contributed by atoms with E-state index in [1.54, 1.807) is 6.20 Å². The van der Waals surface area contributed by atoms with Gasteiger partial charge in [0.2, 0.25) is 0 Å². The Balaban J connectivity index is 0.00000256. The van der Waals surface area contributed by atoms with E-state index in [4.69, 9.17) is 0 Å². The maximum atomic E-state index is 11.4. The Kier molecular flexibility index (Phi) is 6.38. The lowest BCUT2D eigenvalue weighted by atomic mass is 10.4. The van der Waals surface area contributed by atoms with Crippen molar-refractivity contribution in [2.24, 2.45) is 5.10 Å². The number of hydrogen-bond donors (Lipinski definition) is 1. The van der Waals surface area contributed by atoms with Crippen LogP contribution in [-0.4, -0.2) is 49.3 Å². The van der Waals surface area contributed by atoms with E-state index in [0.29, 0.717) is 16.7 Å². The second kappa shape index (κ2) is 6.98. The minimum absolute atomic E-state index is 0. The molecular weight excluding hydrogens is 240 g/mol. The number of nitrogens with one attached hydrogen (secondary N) is 1. The van der Waals surface area contributed by atoms with Crippen LogP contribution in [0.5, 0.6) is 0 Å². The van der Waals surface area contributed by atoms with Crippen molar-refractivity contribution in [2.45, 2.75) is 0 Å². The van der Waals surface area contributed by atoms with Crippen LogP contribution in [-0.2, 0) is 4.79 Å². The summed E-state index contributed by atoms with van der Waals surface area (Å²) in [5.41, 5.74) is 3.18. The van der Waals surface area contributed by atoms with Crippen molar-refractivity contribution in [2.75, 3.05) is 27.7 Å². The van der Waals surface area contributed by atoms with Gasteiger partial charge in [0, 0.05) is 6.20 Å². The fourth-order valence-corrected chi connectivity index (χ4v) is 1.09. The van der Waals surface area contributed by atoms with Gasteiger partial charge >= 0.3 is 0 Å². The van der Waals surface area contributed by atoms with Crippen molar-refractivity contribution >= 4 is 12.1 Å². The first-order valence-corrected chi connectivity index (χ1v) is 5.01. The summed E-state index contributed by atoms with van der Waals surface area (Å²) in [5.74, 6) is -0.111. The van der Waals surface area contributed by atoms with E-state index in [-0.39, 0.29) is 18.3 Å². The topological polar surface area (TPSA) is 54.4 Å². The van der Waals surface area contributed by atoms with Crippen molar-refractivity contribution in [3.05, 3.63) is 30.1 Å². The third-order valence-electron chi connectivity index (χ3n) is 1.69. The van der Waals surface area contributed by atoms with Gasteiger partial charge in [-0.25, -0.2) is 5.43 Å². The minimum atomic E-state index is -0.111. The van der Waals surface area contributed by atoms with E-state index in [1.807, 2.05) is 39.3 Å². The molecule has 0 aliphatic heterocycles. The van der Waals surface area contributed by atoms with Gasteiger partial charge in [-0.1, -0.05) is 6.07 Å². The van der Waals surface area contributed by atoms with Crippen LogP contribution in [0, 0.1) is 0 Å². The number of amides is 1. The van der Waals surface area contributed by atoms with Gasteiger partial charge in [0.15, 0.2) is 6.54 Å². The predicted molar refractivity (Wildman–Crippen MR) is 62.9 cm³/mol. The third kappa shape index (κ3) is 7.43. The number of rotatable bonds is 4. The molecule has 17 heavy (non-hydrogen) atoms. The summed E-state index contributed by atoms with van der Waals surface area (Å²) in [6, 6.07) is 5.50. The molecule has 0 bridgehead atoms. The molecule has 1 amide bonds. The van der Waals surface area contributed by atoms with Gasteiger partial charge in [-0.2, -0.15) is 5.10 Å². The molecule has 0 atom stereocenters. The van der Waals surface area contributed by atoms with Crippen LogP contribution >= 0.6 is 0 Å². The van der Waals surface area contributed by atoms with Crippen LogP contribution in [0.4, 0.5) is 0 Å². The Labute approximate surface area is 108 Å². The monoisotopic (exact) mass is 256 g/mol. The van der Waals surface area contributed by atoms with E-state index in [2.05, 4.69) is 15.5 Å². The highest BCUT2D eigenvalue weighted by Crippen LogP contribution is 1.89. The lowest BCUT2D eigenvalue weighted by Crippen LogP contribution is -3.00. The van der Waals surface area contributed by atoms with Gasteiger partial charge in [0.1, 0.15) is 0 Å². The number of aromatic nitrogens is 1. The Bertz CT molecular complexity index is 373. The van der Waals surface area contributed by atoms with Crippen LogP contribution in [0.25, 0.3) is 0 Å². The van der Waals surface area contributed by atoms with E-state index >= 15 is 0 Å². The normalized spacial score (nSPS) is 11.0. The highest BCUT2D eigenvalue weighted by atomic mass is 35.5. The molecule has 0 aliphatic rings. The maximum Gasteiger partial charge on any atom is 0.295 e. The van der Waals surface area contributed by atoms with E-state index in [0.717, 1.165) is 0 Å². The first-order valence-electron chi connectivity index (χ1n) is 5.01. The van der Waals surface area contributed by atoms with Crippen LogP contribution in [0.3, 0.4) is 0 Å². The quantitative estimate of drug-likeness (QED) is 0.361. The summed E-state index contributed by atoms with van der Waals surface area (Å²) < 4.78 is 0.574. The molecule has 0 unspecified atom stereocenters. The molecule has 1 aromatic rings. The predicted octanol–water partition coefficient (Wildman–Crippen LogP) is -2.76. The van der Waals surface area contributed by atoms with Crippen molar-refractivity contribution in [1.82, 2.24) is 10.4 Å². The lowest BCUT2D eigenvalue weighted by Gasteiger charge is -2.21. The van der Waals surface area contributed by atoms with Gasteiger partial charge in [0.05, 0.1) is 33.1 Å². The Hall–Kier alpha value is -1.46. The summed E-state index contributed by atoms with van der Waals surface area (Å²) >= 11 is 0. The molecule has 5 nitrogen and oxygen atoms in total. The molecule has 1 N–H and O–H groups in total. The van der Waals surface area contributed by atoms with Crippen LogP contribution in [0.1, 0.15) is 5.69 Å². The van der Waals surface area contributed by atoms with Gasteiger partial charge in [-0.05, 0) is 12.1 Å². The van der Waals surface area contributed by atoms with Crippen LogP contribution in [0.2, 0.25) is 0 Å². The van der Waals surface area contributed by atoms with E-state index in [9.17, 15) is 4.79 Å². The van der Waals surface area contributed by atoms with Gasteiger partial charge in [-0.3, -0.25) is 9.78 Å². The Morgan fingerprint density at radius 1 is 1.47 bits per heavy atom. The SMILES string of the molecule is C[N+](C)(C)CC(=O)N/N=C/c1ccccn1.[Cl-]. The fraction of sp³-hybridized carbons (Fsp3) is 0.364. The molecule has 1 heterocycles. The van der Waals surface area contributed by atoms with Crippen molar-refractivity contribution in [1.29, 1.82) is 0 Å². The lowest BCUT2D eigenvalue weighted by molar-refractivity contribution is -0.862. The summed E-state index contributed by atoms with van der Waals surface area (Å²) in [6.07, 6.45) is 3.20.